The van der Waals surface area contributed by atoms with Gasteiger partial charge >= 0.3 is 0 Å². The minimum atomic E-state index is -3.86. The highest BCUT2D eigenvalue weighted by atomic mass is 32.2. The van der Waals surface area contributed by atoms with E-state index >= 15 is 0 Å². The normalized spacial score (nSPS) is 18.2. The summed E-state index contributed by atoms with van der Waals surface area (Å²) in [6, 6.07) is 7.70. The van der Waals surface area contributed by atoms with Crippen LogP contribution in [0.25, 0.3) is 11.0 Å². The molecular weight excluding hydrogens is 388 g/mol. The zero-order chi connectivity index (χ0) is 19.0. The fraction of sp³-hybridized carbons (Fsp3) is 0.353. The van der Waals surface area contributed by atoms with Crippen LogP contribution in [0.2, 0.25) is 0 Å². The molecule has 3 heterocycles. The van der Waals surface area contributed by atoms with Gasteiger partial charge in [-0.2, -0.15) is 13.1 Å². The van der Waals surface area contributed by atoms with Gasteiger partial charge in [0.2, 0.25) is 15.9 Å². The Labute approximate surface area is 160 Å². The van der Waals surface area contributed by atoms with E-state index in [1.165, 1.54) is 15.3 Å². The number of aromatic nitrogens is 2. The molecule has 1 aromatic carbocycles. The number of sulfonamides is 1. The monoisotopic (exact) mass is 406 g/mol. The first-order valence-electron chi connectivity index (χ1n) is 8.49. The maximum Gasteiger partial charge on any atom is 0.246 e. The predicted molar refractivity (Wildman–Crippen MR) is 99.5 cm³/mol. The summed E-state index contributed by atoms with van der Waals surface area (Å²) < 4.78 is 41.4. The molecule has 1 amide bonds. The Morgan fingerprint density at radius 3 is 2.96 bits per heavy atom. The van der Waals surface area contributed by atoms with Gasteiger partial charge in [-0.25, -0.2) is 8.42 Å². The Morgan fingerprint density at radius 1 is 1.33 bits per heavy atom. The topological polar surface area (TPSA) is 96.6 Å². The maximum atomic E-state index is 13.3. The van der Waals surface area contributed by atoms with Gasteiger partial charge in [-0.3, -0.25) is 4.79 Å². The molecule has 0 N–H and O–H groups in total. The molecule has 0 saturated carbocycles. The van der Waals surface area contributed by atoms with Crippen LogP contribution in [-0.4, -0.2) is 51.9 Å². The molecule has 1 aliphatic heterocycles. The van der Waals surface area contributed by atoms with Crippen LogP contribution in [-0.2, 0) is 21.4 Å². The molecule has 8 nitrogen and oxygen atoms in total. The van der Waals surface area contributed by atoms with E-state index in [0.717, 1.165) is 11.7 Å². The summed E-state index contributed by atoms with van der Waals surface area (Å²) >= 11 is 0.971. The van der Waals surface area contributed by atoms with Crippen LogP contribution in [0.15, 0.2) is 45.9 Å². The summed E-state index contributed by atoms with van der Waals surface area (Å²) in [4.78, 5) is 14.5. The SMILES string of the molecule is CN(Cc1ccco1)C(=O)C1CCCN1S(=O)(=O)c1cccc2nsnc12. The van der Waals surface area contributed by atoms with Crippen LogP contribution < -0.4 is 0 Å². The van der Waals surface area contributed by atoms with Crippen molar-refractivity contribution in [2.24, 2.45) is 0 Å². The van der Waals surface area contributed by atoms with Crippen molar-refractivity contribution in [2.75, 3.05) is 13.6 Å². The summed E-state index contributed by atoms with van der Waals surface area (Å²) in [5, 5.41) is 0. The van der Waals surface area contributed by atoms with Crippen molar-refractivity contribution in [2.45, 2.75) is 30.3 Å². The number of nitrogens with zero attached hydrogens (tertiary/aromatic N) is 4. The lowest BCUT2D eigenvalue weighted by atomic mass is 10.2. The van der Waals surface area contributed by atoms with E-state index in [1.807, 2.05) is 0 Å². The summed E-state index contributed by atoms with van der Waals surface area (Å²) in [6.45, 7) is 0.600. The molecule has 0 bridgehead atoms. The van der Waals surface area contributed by atoms with Crippen molar-refractivity contribution in [3.05, 3.63) is 42.4 Å². The predicted octanol–water partition coefficient (Wildman–Crippen LogP) is 2.10. The number of fused-ring (bicyclic) bond motifs is 1. The molecule has 2 aromatic heterocycles. The lowest BCUT2D eigenvalue weighted by Gasteiger charge is -2.27. The third-order valence-electron chi connectivity index (χ3n) is 4.67. The van der Waals surface area contributed by atoms with Gasteiger partial charge in [0.15, 0.2) is 0 Å². The third kappa shape index (κ3) is 3.24. The lowest BCUT2D eigenvalue weighted by Crippen LogP contribution is -2.46. The van der Waals surface area contributed by atoms with Crippen molar-refractivity contribution in [1.29, 1.82) is 0 Å². The Morgan fingerprint density at radius 2 is 2.19 bits per heavy atom. The van der Waals surface area contributed by atoms with Gasteiger partial charge in [0.25, 0.3) is 0 Å². The summed E-state index contributed by atoms with van der Waals surface area (Å²) in [6.07, 6.45) is 2.67. The first kappa shape index (κ1) is 18.1. The first-order valence-corrected chi connectivity index (χ1v) is 10.7. The van der Waals surface area contributed by atoms with Crippen molar-refractivity contribution in [3.63, 3.8) is 0 Å². The van der Waals surface area contributed by atoms with E-state index in [-0.39, 0.29) is 10.8 Å². The molecule has 142 valence electrons. The first-order chi connectivity index (χ1) is 13.0. The molecule has 0 spiro atoms. The highest BCUT2D eigenvalue weighted by molar-refractivity contribution is 7.89. The van der Waals surface area contributed by atoms with Gasteiger partial charge in [-0.1, -0.05) is 6.07 Å². The van der Waals surface area contributed by atoms with Crippen molar-refractivity contribution in [3.8, 4) is 0 Å². The van der Waals surface area contributed by atoms with Gasteiger partial charge in [-0.05, 0) is 37.1 Å². The van der Waals surface area contributed by atoms with Gasteiger partial charge in [0.1, 0.15) is 27.7 Å². The van der Waals surface area contributed by atoms with Gasteiger partial charge < -0.3 is 9.32 Å². The second-order valence-corrected chi connectivity index (χ2v) is 8.82. The van der Waals surface area contributed by atoms with Crippen molar-refractivity contribution >= 4 is 38.7 Å². The molecule has 4 rings (SSSR count). The van der Waals surface area contributed by atoms with Gasteiger partial charge in [-0.15, -0.1) is 0 Å². The van der Waals surface area contributed by atoms with Crippen molar-refractivity contribution < 1.29 is 17.6 Å². The smallest absolute Gasteiger partial charge is 0.246 e. The van der Waals surface area contributed by atoms with Crippen LogP contribution in [0.5, 0.6) is 0 Å². The van der Waals surface area contributed by atoms with Crippen molar-refractivity contribution in [1.82, 2.24) is 18.0 Å². The Balaban J connectivity index is 1.62. The minimum Gasteiger partial charge on any atom is -0.467 e. The molecule has 10 heteroatoms. The fourth-order valence-corrected chi connectivity index (χ4v) is 5.76. The van der Waals surface area contributed by atoms with E-state index in [9.17, 15) is 13.2 Å². The molecule has 1 atom stereocenters. The number of likely N-dealkylation sites (N-methyl/N-ethyl adjacent to an activating group) is 1. The lowest BCUT2D eigenvalue weighted by molar-refractivity contribution is -0.134. The second kappa shape index (κ2) is 7.02. The number of amides is 1. The molecular formula is C17H18N4O4S2. The molecule has 1 saturated heterocycles. The molecule has 0 radical (unpaired) electrons. The highest BCUT2D eigenvalue weighted by Gasteiger charge is 2.41. The third-order valence-corrected chi connectivity index (χ3v) is 7.16. The fourth-order valence-electron chi connectivity index (χ4n) is 3.36. The Kier molecular flexibility index (Phi) is 4.70. The van der Waals surface area contributed by atoms with Crippen LogP contribution in [0.1, 0.15) is 18.6 Å². The van der Waals surface area contributed by atoms with Gasteiger partial charge in [0.05, 0.1) is 24.5 Å². The zero-order valence-electron chi connectivity index (χ0n) is 14.6. The number of hydrogen-bond donors (Lipinski definition) is 0. The Hall–Kier alpha value is -2.30. The number of furan rings is 1. The summed E-state index contributed by atoms with van der Waals surface area (Å²) in [7, 11) is -2.21. The number of carbonyl (C=O) groups is 1. The minimum absolute atomic E-state index is 0.0992. The van der Waals surface area contributed by atoms with Crippen LogP contribution in [0.3, 0.4) is 0 Å². The molecule has 0 aliphatic carbocycles. The number of hydrogen-bond acceptors (Lipinski definition) is 7. The quantitative estimate of drug-likeness (QED) is 0.644. The van der Waals surface area contributed by atoms with Gasteiger partial charge in [0, 0.05) is 13.6 Å². The number of carbonyl (C=O) groups excluding carboxylic acids is 1. The molecule has 1 aliphatic rings. The van der Waals surface area contributed by atoms with E-state index in [1.54, 1.807) is 37.6 Å². The van der Waals surface area contributed by atoms with E-state index in [4.69, 9.17) is 4.42 Å². The van der Waals surface area contributed by atoms with Crippen LogP contribution >= 0.6 is 11.7 Å². The zero-order valence-corrected chi connectivity index (χ0v) is 16.2. The van der Waals surface area contributed by atoms with E-state index in [2.05, 4.69) is 8.75 Å². The molecule has 27 heavy (non-hydrogen) atoms. The number of rotatable bonds is 5. The average molecular weight is 406 g/mol. The standard InChI is InChI=1S/C17H18N4O4S2/c1-20(11-12-5-4-10-25-12)17(22)14-7-3-9-21(14)27(23,24)15-8-2-6-13-16(15)19-26-18-13/h2,4-6,8,10,14H,3,7,9,11H2,1H3. The molecule has 3 aromatic rings. The second-order valence-electron chi connectivity index (χ2n) is 6.44. The Bertz CT molecular complexity index is 1060. The number of benzene rings is 1. The van der Waals surface area contributed by atoms with E-state index in [0.29, 0.717) is 42.7 Å². The largest absolute Gasteiger partial charge is 0.467 e. The van der Waals surface area contributed by atoms with E-state index < -0.39 is 16.1 Å². The average Bonchev–Trinajstić information content (AvgIpc) is 3.40. The summed E-state index contributed by atoms with van der Waals surface area (Å²) in [5.41, 5.74) is 0.891. The van der Waals surface area contributed by atoms with Crippen LogP contribution in [0, 0.1) is 0 Å². The summed E-state index contributed by atoms with van der Waals surface area (Å²) in [5.74, 6) is 0.410. The van der Waals surface area contributed by atoms with Crippen LogP contribution in [0.4, 0.5) is 0 Å². The maximum absolute atomic E-state index is 13.3. The highest BCUT2D eigenvalue weighted by Crippen LogP contribution is 2.30. The molecule has 1 unspecified atom stereocenters. The molecule has 1 fully saturated rings.